The maximum Gasteiger partial charge on any atom is 0.225 e. The molecular formula is C21H35IN4OS. The number of likely N-dealkylation sites (tertiary alicyclic amines) is 1. The summed E-state index contributed by atoms with van der Waals surface area (Å²) in [4.78, 5) is 20.3. The quantitative estimate of drug-likeness (QED) is 0.189. The summed E-state index contributed by atoms with van der Waals surface area (Å²) >= 11 is 1.94. The summed E-state index contributed by atoms with van der Waals surface area (Å²) in [6, 6.07) is 10.6. The SMILES string of the molecule is CCNC(=NCCNC(=O)C(C)(C)C)N1CCC(CSc2ccccc2)C1.I. The molecule has 1 amide bonds. The second kappa shape index (κ2) is 12.6. The van der Waals surface area contributed by atoms with Crippen LogP contribution in [-0.2, 0) is 4.79 Å². The molecule has 1 heterocycles. The number of aliphatic imine (C=N–C) groups is 1. The maximum atomic E-state index is 11.9. The lowest BCUT2D eigenvalue weighted by Gasteiger charge is -2.22. The van der Waals surface area contributed by atoms with Crippen molar-refractivity contribution >= 4 is 47.6 Å². The molecule has 5 nitrogen and oxygen atoms in total. The van der Waals surface area contributed by atoms with E-state index in [0.29, 0.717) is 19.0 Å². The van der Waals surface area contributed by atoms with Gasteiger partial charge in [-0.3, -0.25) is 9.79 Å². The minimum absolute atomic E-state index is 0. The second-order valence-corrected chi connectivity index (χ2v) is 9.06. The van der Waals surface area contributed by atoms with Crippen LogP contribution in [0.1, 0.15) is 34.1 Å². The average Bonchev–Trinajstić information content (AvgIpc) is 3.11. The third-order valence-corrected chi connectivity index (χ3v) is 5.73. The van der Waals surface area contributed by atoms with Gasteiger partial charge >= 0.3 is 0 Å². The van der Waals surface area contributed by atoms with Crippen LogP contribution in [0.3, 0.4) is 0 Å². The Bertz CT molecular complexity index is 619. The van der Waals surface area contributed by atoms with Crippen molar-refractivity contribution in [1.82, 2.24) is 15.5 Å². The molecule has 1 fully saturated rings. The summed E-state index contributed by atoms with van der Waals surface area (Å²) in [6.07, 6.45) is 1.20. The van der Waals surface area contributed by atoms with Crippen LogP contribution in [0.4, 0.5) is 0 Å². The van der Waals surface area contributed by atoms with E-state index >= 15 is 0 Å². The highest BCUT2D eigenvalue weighted by Crippen LogP contribution is 2.25. The van der Waals surface area contributed by atoms with Gasteiger partial charge in [-0.15, -0.1) is 35.7 Å². The highest BCUT2D eigenvalue weighted by Gasteiger charge is 2.25. The smallest absolute Gasteiger partial charge is 0.225 e. The molecule has 1 aromatic carbocycles. The lowest BCUT2D eigenvalue weighted by molar-refractivity contribution is -0.128. The lowest BCUT2D eigenvalue weighted by atomic mass is 9.96. The van der Waals surface area contributed by atoms with Crippen LogP contribution in [0.15, 0.2) is 40.2 Å². The largest absolute Gasteiger partial charge is 0.357 e. The highest BCUT2D eigenvalue weighted by atomic mass is 127. The normalized spacial score (nSPS) is 17.2. The number of hydrogen-bond acceptors (Lipinski definition) is 3. The van der Waals surface area contributed by atoms with Gasteiger partial charge in [-0.1, -0.05) is 39.0 Å². The zero-order valence-electron chi connectivity index (χ0n) is 17.5. The van der Waals surface area contributed by atoms with E-state index in [1.165, 1.54) is 11.3 Å². The molecule has 0 saturated carbocycles. The number of carbonyl (C=O) groups excluding carboxylic acids is 1. The molecule has 28 heavy (non-hydrogen) atoms. The Labute approximate surface area is 191 Å². The Hall–Kier alpha value is -0.960. The van der Waals surface area contributed by atoms with Crippen molar-refractivity contribution in [2.24, 2.45) is 16.3 Å². The number of amides is 1. The third kappa shape index (κ3) is 8.59. The van der Waals surface area contributed by atoms with E-state index in [-0.39, 0.29) is 35.3 Å². The monoisotopic (exact) mass is 518 g/mol. The number of benzene rings is 1. The van der Waals surface area contributed by atoms with Gasteiger partial charge in [0.2, 0.25) is 5.91 Å². The fraction of sp³-hybridized carbons (Fsp3) is 0.619. The number of hydrogen-bond donors (Lipinski definition) is 2. The van der Waals surface area contributed by atoms with Gasteiger partial charge in [-0.05, 0) is 31.4 Å². The number of carbonyl (C=O) groups is 1. The van der Waals surface area contributed by atoms with Crippen molar-refractivity contribution < 1.29 is 4.79 Å². The second-order valence-electron chi connectivity index (χ2n) is 7.97. The number of rotatable bonds is 7. The van der Waals surface area contributed by atoms with Gasteiger partial charge in [-0.25, -0.2) is 0 Å². The van der Waals surface area contributed by atoms with E-state index in [9.17, 15) is 4.79 Å². The van der Waals surface area contributed by atoms with Gasteiger partial charge in [0, 0.05) is 42.2 Å². The molecule has 0 spiro atoms. The van der Waals surface area contributed by atoms with E-state index in [0.717, 1.165) is 31.3 Å². The van der Waals surface area contributed by atoms with E-state index in [4.69, 9.17) is 4.99 Å². The fourth-order valence-electron chi connectivity index (χ4n) is 2.91. The number of thioether (sulfide) groups is 1. The van der Waals surface area contributed by atoms with E-state index in [1.54, 1.807) is 0 Å². The van der Waals surface area contributed by atoms with E-state index in [2.05, 4.69) is 52.8 Å². The number of nitrogens with one attached hydrogen (secondary N) is 2. The van der Waals surface area contributed by atoms with Crippen LogP contribution < -0.4 is 10.6 Å². The van der Waals surface area contributed by atoms with Gasteiger partial charge in [0.25, 0.3) is 0 Å². The van der Waals surface area contributed by atoms with Crippen LogP contribution in [-0.4, -0.2) is 55.2 Å². The fourth-order valence-corrected chi connectivity index (χ4v) is 3.96. The van der Waals surface area contributed by atoms with Crippen LogP contribution >= 0.6 is 35.7 Å². The summed E-state index contributed by atoms with van der Waals surface area (Å²) in [5, 5.41) is 6.36. The van der Waals surface area contributed by atoms with Crippen molar-refractivity contribution in [2.75, 3.05) is 38.5 Å². The molecule has 1 aliphatic rings. The summed E-state index contributed by atoms with van der Waals surface area (Å²) in [5.74, 6) is 2.86. The minimum Gasteiger partial charge on any atom is -0.357 e. The van der Waals surface area contributed by atoms with Crippen LogP contribution in [0.25, 0.3) is 0 Å². The number of nitrogens with zero attached hydrogens (tertiary/aromatic N) is 2. The Morgan fingerprint density at radius 2 is 1.96 bits per heavy atom. The first-order chi connectivity index (χ1) is 12.9. The van der Waals surface area contributed by atoms with Gasteiger partial charge in [0.1, 0.15) is 0 Å². The molecule has 2 N–H and O–H groups in total. The maximum absolute atomic E-state index is 11.9. The molecule has 1 atom stereocenters. The first kappa shape index (κ1) is 25.1. The number of halogens is 1. The molecule has 158 valence electrons. The minimum atomic E-state index is -0.354. The Morgan fingerprint density at radius 3 is 2.61 bits per heavy atom. The van der Waals surface area contributed by atoms with E-state index in [1.807, 2.05) is 32.5 Å². The Balaban J connectivity index is 0.00000392. The van der Waals surface area contributed by atoms with Crippen LogP contribution in [0.5, 0.6) is 0 Å². The van der Waals surface area contributed by atoms with Crippen molar-refractivity contribution in [3.05, 3.63) is 30.3 Å². The van der Waals surface area contributed by atoms with Crippen molar-refractivity contribution in [1.29, 1.82) is 0 Å². The third-order valence-electron chi connectivity index (χ3n) is 4.49. The average molecular weight is 519 g/mol. The zero-order valence-corrected chi connectivity index (χ0v) is 20.7. The summed E-state index contributed by atoms with van der Waals surface area (Å²) in [6.45, 7) is 12.0. The van der Waals surface area contributed by atoms with Gasteiger partial charge in [-0.2, -0.15) is 0 Å². The highest BCUT2D eigenvalue weighted by molar-refractivity contribution is 14.0. The first-order valence-corrected chi connectivity index (χ1v) is 10.9. The Morgan fingerprint density at radius 1 is 1.25 bits per heavy atom. The molecule has 1 aromatic rings. The molecule has 0 radical (unpaired) electrons. The van der Waals surface area contributed by atoms with Gasteiger partial charge in [0.15, 0.2) is 5.96 Å². The van der Waals surface area contributed by atoms with E-state index < -0.39 is 0 Å². The number of guanidine groups is 1. The molecule has 1 saturated heterocycles. The molecule has 0 aromatic heterocycles. The van der Waals surface area contributed by atoms with Crippen molar-refractivity contribution in [2.45, 2.75) is 39.0 Å². The summed E-state index contributed by atoms with van der Waals surface area (Å²) in [5.41, 5.74) is -0.354. The molecular weight excluding hydrogens is 483 g/mol. The summed E-state index contributed by atoms with van der Waals surface area (Å²) in [7, 11) is 0. The first-order valence-electron chi connectivity index (χ1n) is 9.89. The Kier molecular flexibility index (Phi) is 11.3. The standard InChI is InChI=1S/C21H34N4OS.HI/c1-5-22-20(24-13-12-23-19(26)21(2,3)4)25-14-11-17(15-25)16-27-18-9-7-6-8-10-18;/h6-10,17H,5,11-16H2,1-4H3,(H,22,24)(H,23,26);1H. The van der Waals surface area contributed by atoms with Gasteiger partial charge < -0.3 is 15.5 Å². The molecule has 1 unspecified atom stereocenters. The predicted molar refractivity (Wildman–Crippen MR) is 131 cm³/mol. The van der Waals surface area contributed by atoms with Crippen LogP contribution in [0, 0.1) is 11.3 Å². The van der Waals surface area contributed by atoms with Crippen molar-refractivity contribution in [3.8, 4) is 0 Å². The molecule has 0 aliphatic carbocycles. The summed E-state index contributed by atoms with van der Waals surface area (Å²) < 4.78 is 0. The molecule has 2 rings (SSSR count). The predicted octanol–water partition coefficient (Wildman–Crippen LogP) is 3.85. The molecule has 0 bridgehead atoms. The topological polar surface area (TPSA) is 56.7 Å². The van der Waals surface area contributed by atoms with Crippen LogP contribution in [0.2, 0.25) is 0 Å². The zero-order chi connectivity index (χ0) is 19.7. The van der Waals surface area contributed by atoms with Gasteiger partial charge in [0.05, 0.1) is 6.54 Å². The van der Waals surface area contributed by atoms with Crippen molar-refractivity contribution in [3.63, 3.8) is 0 Å². The molecule has 1 aliphatic heterocycles. The molecule has 7 heteroatoms. The lowest BCUT2D eigenvalue weighted by Crippen LogP contribution is -2.41.